The van der Waals surface area contributed by atoms with Gasteiger partial charge in [-0.1, -0.05) is 6.92 Å². The highest BCUT2D eigenvalue weighted by molar-refractivity contribution is 7.89. The van der Waals surface area contributed by atoms with Crippen molar-refractivity contribution in [3.8, 4) is 0 Å². The summed E-state index contributed by atoms with van der Waals surface area (Å²) >= 11 is 0. The van der Waals surface area contributed by atoms with Gasteiger partial charge in [0, 0.05) is 11.9 Å². The van der Waals surface area contributed by atoms with Gasteiger partial charge in [0.05, 0.1) is 10.4 Å². The van der Waals surface area contributed by atoms with Crippen molar-refractivity contribution in [3.05, 3.63) is 30.3 Å². The van der Waals surface area contributed by atoms with Gasteiger partial charge >= 0.3 is 0 Å². The number of sulfonamides is 1. The van der Waals surface area contributed by atoms with Crippen LogP contribution in [0.1, 0.15) is 13.3 Å². The van der Waals surface area contributed by atoms with Crippen LogP contribution in [0.15, 0.2) is 35.2 Å². The van der Waals surface area contributed by atoms with Crippen LogP contribution >= 0.6 is 0 Å². The molecule has 2 rings (SSSR count). The number of pyridine rings is 1. The van der Waals surface area contributed by atoms with Crippen LogP contribution in [0.2, 0.25) is 0 Å². The first-order chi connectivity index (χ1) is 8.50. The molecule has 0 radical (unpaired) electrons. The molecule has 1 aromatic carbocycles. The molecule has 0 aliphatic heterocycles. The molecule has 1 heterocycles. The summed E-state index contributed by atoms with van der Waals surface area (Å²) in [5, 5.41) is 9.01. The second kappa shape index (κ2) is 4.91. The fourth-order valence-electron chi connectivity index (χ4n) is 1.63. The molecule has 0 atom stereocenters. The molecule has 0 bridgehead atoms. The molecular formula is C12H15N3O2S. The number of nitrogens with zero attached hydrogens (tertiary/aromatic N) is 1. The Bertz CT molecular complexity index is 668. The first-order valence-corrected chi connectivity index (χ1v) is 7.23. The van der Waals surface area contributed by atoms with Crippen molar-refractivity contribution in [2.75, 3.05) is 11.9 Å². The second-order valence-electron chi connectivity index (χ2n) is 4.02. The Hall–Kier alpha value is -1.66. The molecule has 2 aromatic rings. The Kier molecular flexibility index (Phi) is 3.49. The number of primary sulfonamides is 1. The van der Waals surface area contributed by atoms with E-state index in [1.807, 2.05) is 12.1 Å². The van der Waals surface area contributed by atoms with E-state index in [2.05, 4.69) is 17.2 Å². The third-order valence-electron chi connectivity index (χ3n) is 2.55. The van der Waals surface area contributed by atoms with Crippen LogP contribution in [0.25, 0.3) is 10.9 Å². The van der Waals surface area contributed by atoms with Gasteiger partial charge in [-0.2, -0.15) is 0 Å². The van der Waals surface area contributed by atoms with Crippen LogP contribution in [-0.2, 0) is 10.0 Å². The SMILES string of the molecule is CCCNc1ccc2cc(S(N)(=O)=O)ccc2n1. The lowest BCUT2D eigenvalue weighted by atomic mass is 10.2. The third-order valence-corrected chi connectivity index (χ3v) is 3.46. The van der Waals surface area contributed by atoms with Crippen molar-refractivity contribution >= 4 is 26.7 Å². The Balaban J connectivity index is 2.42. The van der Waals surface area contributed by atoms with Gasteiger partial charge in [-0.15, -0.1) is 0 Å². The minimum absolute atomic E-state index is 0.103. The number of rotatable bonds is 4. The third kappa shape index (κ3) is 2.77. The lowest BCUT2D eigenvalue weighted by molar-refractivity contribution is 0.598. The summed E-state index contributed by atoms with van der Waals surface area (Å²) in [6.45, 7) is 2.93. The molecule has 0 aliphatic rings. The molecule has 0 aliphatic carbocycles. The lowest BCUT2D eigenvalue weighted by Crippen LogP contribution is -2.11. The van der Waals surface area contributed by atoms with Crippen molar-refractivity contribution < 1.29 is 8.42 Å². The van der Waals surface area contributed by atoms with E-state index in [-0.39, 0.29) is 4.90 Å². The molecular weight excluding hydrogens is 250 g/mol. The number of nitrogens with two attached hydrogens (primary N) is 1. The Morgan fingerprint density at radius 2 is 2.06 bits per heavy atom. The molecule has 0 saturated carbocycles. The normalized spacial score (nSPS) is 11.7. The van der Waals surface area contributed by atoms with Crippen LogP contribution in [0, 0.1) is 0 Å². The smallest absolute Gasteiger partial charge is 0.238 e. The monoisotopic (exact) mass is 265 g/mol. The maximum atomic E-state index is 11.2. The molecule has 1 aromatic heterocycles. The van der Waals surface area contributed by atoms with Crippen LogP contribution in [0.5, 0.6) is 0 Å². The maximum absolute atomic E-state index is 11.2. The van der Waals surface area contributed by atoms with Gasteiger partial charge in [-0.05, 0) is 36.8 Å². The molecule has 3 N–H and O–H groups in total. The van der Waals surface area contributed by atoms with Crippen molar-refractivity contribution in [2.45, 2.75) is 18.2 Å². The largest absolute Gasteiger partial charge is 0.370 e. The second-order valence-corrected chi connectivity index (χ2v) is 5.58. The summed E-state index contributed by atoms with van der Waals surface area (Å²) < 4.78 is 22.5. The zero-order chi connectivity index (χ0) is 13.2. The number of nitrogens with one attached hydrogen (secondary N) is 1. The Labute approximate surface area is 106 Å². The van der Waals surface area contributed by atoms with Gasteiger partial charge in [0.25, 0.3) is 0 Å². The summed E-state index contributed by atoms with van der Waals surface area (Å²) in [5.41, 5.74) is 0.739. The number of anilines is 1. The highest BCUT2D eigenvalue weighted by atomic mass is 32.2. The quantitative estimate of drug-likeness (QED) is 0.881. The number of fused-ring (bicyclic) bond motifs is 1. The molecule has 0 amide bonds. The highest BCUT2D eigenvalue weighted by Crippen LogP contribution is 2.18. The fraction of sp³-hybridized carbons (Fsp3) is 0.250. The topological polar surface area (TPSA) is 85.1 Å². The van der Waals surface area contributed by atoms with Crippen molar-refractivity contribution in [1.29, 1.82) is 0 Å². The number of hydrogen-bond acceptors (Lipinski definition) is 4. The van der Waals surface area contributed by atoms with Crippen LogP contribution in [0.4, 0.5) is 5.82 Å². The molecule has 0 spiro atoms. The molecule has 0 fully saturated rings. The van der Waals surface area contributed by atoms with Crippen molar-refractivity contribution in [3.63, 3.8) is 0 Å². The predicted molar refractivity (Wildman–Crippen MR) is 71.9 cm³/mol. The molecule has 0 unspecified atom stereocenters. The van der Waals surface area contributed by atoms with E-state index in [1.54, 1.807) is 6.07 Å². The minimum atomic E-state index is -3.66. The van der Waals surface area contributed by atoms with Crippen LogP contribution < -0.4 is 10.5 Å². The lowest BCUT2D eigenvalue weighted by Gasteiger charge is -2.06. The van der Waals surface area contributed by atoms with Gasteiger partial charge in [-0.25, -0.2) is 18.5 Å². The van der Waals surface area contributed by atoms with E-state index in [0.29, 0.717) is 0 Å². The summed E-state index contributed by atoms with van der Waals surface area (Å²) in [5.74, 6) is 0.785. The van der Waals surface area contributed by atoms with Gasteiger partial charge in [0.2, 0.25) is 10.0 Å². The van der Waals surface area contributed by atoms with Gasteiger partial charge in [-0.3, -0.25) is 0 Å². The van der Waals surface area contributed by atoms with Crippen LogP contribution in [0.3, 0.4) is 0 Å². The Morgan fingerprint density at radius 3 is 2.72 bits per heavy atom. The van der Waals surface area contributed by atoms with Crippen molar-refractivity contribution in [2.24, 2.45) is 5.14 Å². The molecule has 96 valence electrons. The minimum Gasteiger partial charge on any atom is -0.370 e. The molecule has 0 saturated heterocycles. The maximum Gasteiger partial charge on any atom is 0.238 e. The van der Waals surface area contributed by atoms with E-state index < -0.39 is 10.0 Å². The number of hydrogen-bond donors (Lipinski definition) is 2. The molecule has 5 nitrogen and oxygen atoms in total. The van der Waals surface area contributed by atoms with Gasteiger partial charge in [0.15, 0.2) is 0 Å². The summed E-state index contributed by atoms with van der Waals surface area (Å²) in [6, 6.07) is 8.31. The molecule has 18 heavy (non-hydrogen) atoms. The van der Waals surface area contributed by atoms with E-state index in [1.165, 1.54) is 12.1 Å². The summed E-state index contributed by atoms with van der Waals surface area (Å²) in [6.07, 6.45) is 1.02. The zero-order valence-corrected chi connectivity index (χ0v) is 10.9. The van der Waals surface area contributed by atoms with Crippen LogP contribution in [-0.4, -0.2) is 19.9 Å². The highest BCUT2D eigenvalue weighted by Gasteiger charge is 2.08. The van der Waals surface area contributed by atoms with E-state index >= 15 is 0 Å². The van der Waals surface area contributed by atoms with E-state index in [4.69, 9.17) is 5.14 Å². The zero-order valence-electron chi connectivity index (χ0n) is 10.1. The average Bonchev–Trinajstić information content (AvgIpc) is 2.34. The first-order valence-electron chi connectivity index (χ1n) is 5.68. The molecule has 6 heteroatoms. The number of aromatic nitrogens is 1. The van der Waals surface area contributed by atoms with Crippen molar-refractivity contribution in [1.82, 2.24) is 4.98 Å². The van der Waals surface area contributed by atoms with Gasteiger partial charge in [0.1, 0.15) is 5.82 Å². The summed E-state index contributed by atoms with van der Waals surface area (Å²) in [7, 11) is -3.66. The van der Waals surface area contributed by atoms with E-state index in [9.17, 15) is 8.42 Å². The first kappa shape index (κ1) is 12.8. The predicted octanol–water partition coefficient (Wildman–Crippen LogP) is 1.70. The fourth-order valence-corrected chi connectivity index (χ4v) is 2.18. The summed E-state index contributed by atoms with van der Waals surface area (Å²) in [4.78, 5) is 4.49. The standard InChI is InChI=1S/C12H15N3O2S/c1-2-7-14-12-6-3-9-8-10(18(13,16)17)4-5-11(9)15-12/h3-6,8H,2,7H2,1H3,(H,14,15)(H2,13,16,17). The van der Waals surface area contributed by atoms with Gasteiger partial charge < -0.3 is 5.32 Å². The number of benzene rings is 1. The average molecular weight is 265 g/mol. The Morgan fingerprint density at radius 1 is 1.28 bits per heavy atom. The van der Waals surface area contributed by atoms with E-state index in [0.717, 1.165) is 29.7 Å².